The number of anilines is 1. The van der Waals surface area contributed by atoms with Crippen LogP contribution >= 0.6 is 0 Å². The monoisotopic (exact) mass is 430 g/mol. The van der Waals surface area contributed by atoms with Crippen molar-refractivity contribution in [3.05, 3.63) is 109 Å². The van der Waals surface area contributed by atoms with E-state index in [1.807, 2.05) is 60.7 Å². The van der Waals surface area contributed by atoms with Gasteiger partial charge in [-0.05, 0) is 60.7 Å². The van der Waals surface area contributed by atoms with Crippen LogP contribution in [0.3, 0.4) is 0 Å². The molecule has 158 valence electrons. The van der Waals surface area contributed by atoms with Crippen LogP contribution in [-0.2, 0) is 0 Å². The number of amides is 1. The summed E-state index contributed by atoms with van der Waals surface area (Å²) >= 11 is 0. The first-order chi connectivity index (χ1) is 16.3. The van der Waals surface area contributed by atoms with Gasteiger partial charge in [-0.2, -0.15) is 0 Å². The highest BCUT2D eigenvalue weighted by atomic mass is 16.1. The van der Waals surface area contributed by atoms with Gasteiger partial charge < -0.3 is 5.32 Å². The lowest BCUT2D eigenvalue weighted by molar-refractivity contribution is 0.102. The molecule has 0 fully saturated rings. The van der Waals surface area contributed by atoms with Gasteiger partial charge >= 0.3 is 0 Å². The van der Waals surface area contributed by atoms with E-state index in [0.717, 1.165) is 11.4 Å². The average Bonchev–Trinajstić information content (AvgIpc) is 2.90. The quantitative estimate of drug-likeness (QED) is 0.426. The van der Waals surface area contributed by atoms with Crippen molar-refractivity contribution in [2.75, 3.05) is 5.32 Å². The van der Waals surface area contributed by atoms with Gasteiger partial charge in [-0.25, -0.2) is 4.98 Å². The van der Waals surface area contributed by atoms with E-state index in [0.29, 0.717) is 34.0 Å². The maximum Gasteiger partial charge on any atom is 0.255 e. The summed E-state index contributed by atoms with van der Waals surface area (Å²) in [6, 6.07) is 23.8. The minimum atomic E-state index is -0.279. The Kier molecular flexibility index (Phi) is 5.59. The Hall–Kier alpha value is -4.78. The van der Waals surface area contributed by atoms with Gasteiger partial charge in [0.2, 0.25) is 0 Å². The number of carbonyl (C=O) groups excluding carboxylic acids is 1. The molecule has 5 heterocycles. The van der Waals surface area contributed by atoms with Gasteiger partial charge in [-0.1, -0.05) is 18.2 Å². The molecule has 7 heteroatoms. The van der Waals surface area contributed by atoms with Crippen LogP contribution in [0.4, 0.5) is 5.69 Å². The fraction of sp³-hybridized carbons (Fsp3) is 0. The van der Waals surface area contributed by atoms with Crippen LogP contribution in [0.1, 0.15) is 10.4 Å². The molecule has 0 atom stereocenters. The second-order valence-corrected chi connectivity index (χ2v) is 7.16. The summed E-state index contributed by atoms with van der Waals surface area (Å²) in [5, 5.41) is 2.90. The first-order valence-corrected chi connectivity index (χ1v) is 10.3. The van der Waals surface area contributed by atoms with Gasteiger partial charge in [-0.3, -0.25) is 24.7 Å². The zero-order valence-corrected chi connectivity index (χ0v) is 17.5. The van der Waals surface area contributed by atoms with Crippen LogP contribution in [0.15, 0.2) is 104 Å². The molecular formula is C26H18N6O. The first-order valence-electron chi connectivity index (χ1n) is 10.3. The van der Waals surface area contributed by atoms with Crippen molar-refractivity contribution in [3.8, 4) is 34.2 Å². The largest absolute Gasteiger partial charge is 0.321 e. The van der Waals surface area contributed by atoms with E-state index in [-0.39, 0.29) is 5.91 Å². The van der Waals surface area contributed by atoms with Crippen LogP contribution < -0.4 is 5.32 Å². The van der Waals surface area contributed by atoms with Gasteiger partial charge in [0, 0.05) is 24.2 Å². The third-order valence-electron chi connectivity index (χ3n) is 4.89. The fourth-order valence-electron chi connectivity index (χ4n) is 3.29. The average molecular weight is 430 g/mol. The van der Waals surface area contributed by atoms with E-state index in [1.165, 1.54) is 0 Å². The Labute approximate surface area is 190 Å². The van der Waals surface area contributed by atoms with Gasteiger partial charge in [-0.15, -0.1) is 0 Å². The number of nitrogens with one attached hydrogen (secondary N) is 1. The second kappa shape index (κ2) is 9.15. The maximum absolute atomic E-state index is 13.1. The molecule has 1 amide bonds. The molecule has 1 N–H and O–H groups in total. The SMILES string of the molecule is O=C(Nc1ccc(-c2ccccn2)nc1)c1cc(-c2ccccn2)nc(-c2ccccn2)c1. The van der Waals surface area contributed by atoms with Crippen LogP contribution in [0.25, 0.3) is 34.2 Å². The van der Waals surface area contributed by atoms with Crippen LogP contribution in [0.2, 0.25) is 0 Å². The first kappa shape index (κ1) is 20.1. The van der Waals surface area contributed by atoms with E-state index in [2.05, 4.69) is 30.2 Å². The smallest absolute Gasteiger partial charge is 0.255 e. The van der Waals surface area contributed by atoms with E-state index in [1.54, 1.807) is 43.0 Å². The molecule has 0 saturated carbocycles. The van der Waals surface area contributed by atoms with Crippen molar-refractivity contribution in [1.82, 2.24) is 24.9 Å². The number of carbonyl (C=O) groups is 1. The van der Waals surface area contributed by atoms with E-state index >= 15 is 0 Å². The van der Waals surface area contributed by atoms with Crippen molar-refractivity contribution in [1.29, 1.82) is 0 Å². The number of nitrogens with zero attached hydrogens (tertiary/aromatic N) is 5. The molecule has 5 rings (SSSR count). The fourth-order valence-corrected chi connectivity index (χ4v) is 3.29. The topological polar surface area (TPSA) is 93.6 Å². The van der Waals surface area contributed by atoms with E-state index in [9.17, 15) is 4.79 Å². The molecule has 7 nitrogen and oxygen atoms in total. The van der Waals surface area contributed by atoms with Crippen molar-refractivity contribution >= 4 is 11.6 Å². The van der Waals surface area contributed by atoms with Crippen molar-refractivity contribution < 1.29 is 4.79 Å². The Morgan fingerprint density at radius 3 is 1.55 bits per heavy atom. The zero-order chi connectivity index (χ0) is 22.5. The van der Waals surface area contributed by atoms with Gasteiger partial charge in [0.15, 0.2) is 0 Å². The Bertz CT molecular complexity index is 1320. The maximum atomic E-state index is 13.1. The minimum Gasteiger partial charge on any atom is -0.321 e. The number of hydrogen-bond donors (Lipinski definition) is 1. The lowest BCUT2D eigenvalue weighted by Crippen LogP contribution is -2.13. The molecule has 5 aromatic heterocycles. The van der Waals surface area contributed by atoms with Crippen molar-refractivity contribution in [3.63, 3.8) is 0 Å². The summed E-state index contributed by atoms with van der Waals surface area (Å²) in [6.07, 6.45) is 6.72. The van der Waals surface area contributed by atoms with Gasteiger partial charge in [0.25, 0.3) is 5.91 Å². The Morgan fingerprint density at radius 2 is 1.09 bits per heavy atom. The number of hydrogen-bond acceptors (Lipinski definition) is 6. The van der Waals surface area contributed by atoms with Crippen molar-refractivity contribution in [2.24, 2.45) is 0 Å². The summed E-state index contributed by atoms with van der Waals surface area (Å²) in [7, 11) is 0. The third kappa shape index (κ3) is 4.62. The summed E-state index contributed by atoms with van der Waals surface area (Å²) in [4.78, 5) is 35.3. The molecular weight excluding hydrogens is 412 g/mol. The number of aromatic nitrogens is 5. The zero-order valence-electron chi connectivity index (χ0n) is 17.5. The van der Waals surface area contributed by atoms with Crippen LogP contribution in [0.5, 0.6) is 0 Å². The molecule has 0 aliphatic rings. The molecule has 0 saturated heterocycles. The molecule has 0 spiro atoms. The summed E-state index contributed by atoms with van der Waals surface area (Å²) in [5.41, 5.74) is 5.05. The second-order valence-electron chi connectivity index (χ2n) is 7.16. The minimum absolute atomic E-state index is 0.279. The lowest BCUT2D eigenvalue weighted by Gasteiger charge is -2.10. The molecule has 0 aromatic carbocycles. The highest BCUT2D eigenvalue weighted by Crippen LogP contribution is 2.23. The Balaban J connectivity index is 1.46. The van der Waals surface area contributed by atoms with Gasteiger partial charge in [0.05, 0.1) is 46.0 Å². The van der Waals surface area contributed by atoms with Crippen molar-refractivity contribution in [2.45, 2.75) is 0 Å². The molecule has 33 heavy (non-hydrogen) atoms. The van der Waals surface area contributed by atoms with E-state index < -0.39 is 0 Å². The van der Waals surface area contributed by atoms with Crippen LogP contribution in [0, 0.1) is 0 Å². The molecule has 0 aliphatic carbocycles. The van der Waals surface area contributed by atoms with E-state index in [4.69, 9.17) is 0 Å². The predicted molar refractivity (Wildman–Crippen MR) is 126 cm³/mol. The number of pyridine rings is 5. The predicted octanol–water partition coefficient (Wildman–Crippen LogP) is 4.91. The summed E-state index contributed by atoms with van der Waals surface area (Å²) in [5.74, 6) is -0.279. The summed E-state index contributed by atoms with van der Waals surface area (Å²) < 4.78 is 0. The molecule has 0 bridgehead atoms. The highest BCUT2D eigenvalue weighted by molar-refractivity contribution is 6.05. The molecule has 0 aliphatic heterocycles. The summed E-state index contributed by atoms with van der Waals surface area (Å²) in [6.45, 7) is 0. The highest BCUT2D eigenvalue weighted by Gasteiger charge is 2.14. The molecule has 0 radical (unpaired) electrons. The lowest BCUT2D eigenvalue weighted by atomic mass is 10.1. The molecule has 5 aromatic rings. The standard InChI is InChI=1S/C26H18N6O/c33-26(31-19-10-11-23(30-17-19)20-7-1-4-12-27-20)18-15-24(21-8-2-5-13-28-21)32-25(16-18)22-9-3-6-14-29-22/h1-17H,(H,31,33). The Morgan fingerprint density at radius 1 is 0.576 bits per heavy atom. The normalized spacial score (nSPS) is 10.5. The molecule has 0 unspecified atom stereocenters. The third-order valence-corrected chi connectivity index (χ3v) is 4.89. The van der Waals surface area contributed by atoms with Crippen LogP contribution in [-0.4, -0.2) is 30.8 Å². The van der Waals surface area contributed by atoms with Gasteiger partial charge in [0.1, 0.15) is 0 Å². The number of rotatable bonds is 5.